The summed E-state index contributed by atoms with van der Waals surface area (Å²) in [6.45, 7) is 4.80. The molecule has 1 aromatic rings. The summed E-state index contributed by atoms with van der Waals surface area (Å²) < 4.78 is 27.8. The fourth-order valence-corrected chi connectivity index (χ4v) is 7.03. The smallest absolute Gasteiger partial charge is 0.237 e. The molecule has 1 amide bonds. The quantitative estimate of drug-likeness (QED) is 0.461. The highest BCUT2D eigenvalue weighted by Gasteiger charge is 2.41. The Morgan fingerprint density at radius 3 is 2.54 bits per heavy atom. The molecule has 1 aliphatic heterocycles. The monoisotopic (exact) mass is 522 g/mol. The van der Waals surface area contributed by atoms with E-state index in [1.54, 1.807) is 14.2 Å². The van der Waals surface area contributed by atoms with Gasteiger partial charge in [0.15, 0.2) is 0 Å². The van der Waals surface area contributed by atoms with Crippen LogP contribution >= 0.6 is 0 Å². The molecule has 0 aromatic carbocycles. The number of nitrogens with zero attached hydrogens (tertiary/aromatic N) is 2. The Morgan fingerprint density at radius 1 is 1.19 bits per heavy atom. The van der Waals surface area contributed by atoms with Crippen LogP contribution in [-0.4, -0.2) is 77.9 Å². The number of aryl methyl sites for hydroxylation is 1. The van der Waals surface area contributed by atoms with Crippen molar-refractivity contribution in [3.05, 3.63) is 18.2 Å². The molecule has 9 unspecified atom stereocenters. The van der Waals surface area contributed by atoms with Crippen LogP contribution in [0.2, 0.25) is 0 Å². The van der Waals surface area contributed by atoms with Crippen LogP contribution in [0.1, 0.15) is 64.1 Å². The largest absolute Gasteiger partial charge is 0.396 e. The van der Waals surface area contributed by atoms with Gasteiger partial charge in [0.25, 0.3) is 0 Å². The second kappa shape index (κ2) is 13.0. The molecule has 3 fully saturated rings. The lowest BCUT2D eigenvalue weighted by molar-refractivity contribution is -0.126. The molecule has 2 heterocycles. The Labute approximate surface area is 221 Å². The molecule has 37 heavy (non-hydrogen) atoms. The van der Waals surface area contributed by atoms with E-state index in [2.05, 4.69) is 27.1 Å². The van der Waals surface area contributed by atoms with Crippen LogP contribution in [0.5, 0.6) is 0 Å². The average Bonchev–Trinajstić information content (AvgIpc) is 3.32. The van der Waals surface area contributed by atoms with E-state index in [9.17, 15) is 14.3 Å². The normalized spacial score (nSPS) is 37.7. The highest BCUT2D eigenvalue weighted by Crippen LogP contribution is 2.37. The number of hydrogen-bond acceptors (Lipinski definition) is 6. The van der Waals surface area contributed by atoms with Crippen LogP contribution in [0.25, 0.3) is 0 Å². The maximum absolute atomic E-state index is 14.3. The van der Waals surface area contributed by atoms with Gasteiger partial charge >= 0.3 is 0 Å². The highest BCUT2D eigenvalue weighted by molar-refractivity contribution is 5.82. The van der Waals surface area contributed by atoms with Crippen molar-refractivity contribution in [1.29, 1.82) is 0 Å². The highest BCUT2D eigenvalue weighted by atomic mass is 19.1. The van der Waals surface area contributed by atoms with E-state index >= 15 is 0 Å². The molecule has 1 saturated heterocycles. The summed E-state index contributed by atoms with van der Waals surface area (Å²) in [7, 11) is 3.49. The molecule has 0 spiro atoms. The molecule has 1 aromatic heterocycles. The van der Waals surface area contributed by atoms with E-state index in [1.165, 1.54) is 0 Å². The first kappa shape index (κ1) is 28.5. The topological polar surface area (TPSA) is 97.6 Å². The van der Waals surface area contributed by atoms with E-state index in [0.29, 0.717) is 24.7 Å². The molecule has 0 radical (unpaired) electrons. The third-order valence-electron chi connectivity index (χ3n) is 9.40. The van der Waals surface area contributed by atoms with E-state index in [4.69, 9.17) is 9.47 Å². The van der Waals surface area contributed by atoms with E-state index in [-0.39, 0.29) is 54.7 Å². The van der Waals surface area contributed by atoms with Gasteiger partial charge in [-0.05, 0) is 83.0 Å². The number of aliphatic hydroxyl groups is 1. The molecule has 3 N–H and O–H groups in total. The Bertz CT molecular complexity index is 857. The number of hydrogen-bond donors (Lipinski definition) is 3. The summed E-state index contributed by atoms with van der Waals surface area (Å²) in [5.74, 6) is 1.56. The van der Waals surface area contributed by atoms with Crippen LogP contribution in [0, 0.1) is 30.6 Å². The van der Waals surface area contributed by atoms with E-state index in [0.717, 1.165) is 50.9 Å². The van der Waals surface area contributed by atoms with Crippen LogP contribution in [0.4, 0.5) is 4.39 Å². The predicted octanol–water partition coefficient (Wildman–Crippen LogP) is 3.01. The number of carbonyl (C=O) groups excluding carboxylic acids is 1. The van der Waals surface area contributed by atoms with Crippen molar-refractivity contribution in [2.24, 2.45) is 23.7 Å². The predicted molar refractivity (Wildman–Crippen MR) is 140 cm³/mol. The van der Waals surface area contributed by atoms with Gasteiger partial charge < -0.3 is 29.8 Å². The van der Waals surface area contributed by atoms with E-state index < -0.39 is 6.17 Å². The number of amides is 1. The second-order valence-corrected chi connectivity index (χ2v) is 11.8. The molecule has 4 rings (SSSR count). The summed E-state index contributed by atoms with van der Waals surface area (Å²) in [5, 5.41) is 16.7. The summed E-state index contributed by atoms with van der Waals surface area (Å²) in [6, 6.07) is -0.160. The molecular formula is C28H47FN4O4. The van der Waals surface area contributed by atoms with Gasteiger partial charge in [-0.3, -0.25) is 4.79 Å². The zero-order valence-corrected chi connectivity index (χ0v) is 22.9. The van der Waals surface area contributed by atoms with Gasteiger partial charge in [-0.1, -0.05) is 0 Å². The number of aromatic nitrogens is 2. The fraction of sp³-hybridized carbons (Fsp3) is 0.857. The Kier molecular flexibility index (Phi) is 10.00. The first-order chi connectivity index (χ1) is 17.8. The first-order valence-corrected chi connectivity index (χ1v) is 14.2. The van der Waals surface area contributed by atoms with Gasteiger partial charge in [0.2, 0.25) is 5.91 Å². The SMILES string of the molecule is COC1CC(OC)CC(C(C)NC(=O)C2CC(Cn3ccnc3C)CC(C3CCC(F)C(CO)C3)N2)C1. The molecule has 8 nitrogen and oxygen atoms in total. The number of rotatable bonds is 9. The maximum Gasteiger partial charge on any atom is 0.237 e. The lowest BCUT2D eigenvalue weighted by atomic mass is 9.72. The van der Waals surface area contributed by atoms with Crippen molar-refractivity contribution < 1.29 is 23.8 Å². The minimum absolute atomic E-state index is 0.0142. The number of methoxy groups -OCH3 is 2. The van der Waals surface area contributed by atoms with Crippen molar-refractivity contribution in [3.63, 3.8) is 0 Å². The van der Waals surface area contributed by atoms with Gasteiger partial charge in [0, 0.05) is 57.8 Å². The van der Waals surface area contributed by atoms with Gasteiger partial charge in [0.1, 0.15) is 12.0 Å². The minimum Gasteiger partial charge on any atom is -0.396 e. The fourth-order valence-electron chi connectivity index (χ4n) is 7.03. The van der Waals surface area contributed by atoms with Crippen LogP contribution in [0.3, 0.4) is 0 Å². The van der Waals surface area contributed by atoms with Crippen molar-refractivity contribution in [2.45, 2.75) is 108 Å². The Hall–Kier alpha value is -1.55. The second-order valence-electron chi connectivity index (χ2n) is 11.8. The van der Waals surface area contributed by atoms with E-state index in [1.807, 2.05) is 19.3 Å². The number of carbonyl (C=O) groups is 1. The molecule has 2 saturated carbocycles. The summed E-state index contributed by atoms with van der Waals surface area (Å²) in [6.07, 6.45) is 9.51. The van der Waals surface area contributed by atoms with Crippen molar-refractivity contribution in [3.8, 4) is 0 Å². The number of nitrogens with one attached hydrogen (secondary N) is 2. The van der Waals surface area contributed by atoms with Gasteiger partial charge in [-0.15, -0.1) is 0 Å². The number of imidazole rings is 1. The molecule has 2 aliphatic carbocycles. The molecule has 0 bridgehead atoms. The Morgan fingerprint density at radius 2 is 1.92 bits per heavy atom. The number of halogens is 1. The average molecular weight is 523 g/mol. The zero-order valence-electron chi connectivity index (χ0n) is 22.9. The lowest BCUT2D eigenvalue weighted by Gasteiger charge is -2.43. The lowest BCUT2D eigenvalue weighted by Crippen LogP contribution is -2.58. The summed E-state index contributed by atoms with van der Waals surface area (Å²) >= 11 is 0. The zero-order chi connectivity index (χ0) is 26.5. The molecular weight excluding hydrogens is 475 g/mol. The van der Waals surface area contributed by atoms with Crippen LogP contribution in [-0.2, 0) is 20.8 Å². The van der Waals surface area contributed by atoms with Gasteiger partial charge in [0.05, 0.1) is 18.2 Å². The van der Waals surface area contributed by atoms with Crippen molar-refractivity contribution in [2.75, 3.05) is 20.8 Å². The number of alkyl halides is 1. The summed E-state index contributed by atoms with van der Waals surface area (Å²) in [5.41, 5.74) is 0. The molecule has 210 valence electrons. The maximum atomic E-state index is 14.3. The molecule has 9 atom stereocenters. The van der Waals surface area contributed by atoms with Gasteiger partial charge in [-0.2, -0.15) is 0 Å². The van der Waals surface area contributed by atoms with Crippen LogP contribution < -0.4 is 10.6 Å². The minimum atomic E-state index is -0.934. The number of aliphatic hydroxyl groups excluding tert-OH is 1. The summed E-state index contributed by atoms with van der Waals surface area (Å²) in [4.78, 5) is 18.0. The number of ether oxygens (including phenoxy) is 2. The van der Waals surface area contributed by atoms with Crippen molar-refractivity contribution in [1.82, 2.24) is 20.2 Å². The number of piperidine rings is 1. The van der Waals surface area contributed by atoms with Crippen molar-refractivity contribution >= 4 is 5.91 Å². The molecule has 9 heteroatoms. The third kappa shape index (κ3) is 7.11. The first-order valence-electron chi connectivity index (χ1n) is 14.2. The molecule has 3 aliphatic rings. The third-order valence-corrected chi connectivity index (χ3v) is 9.40. The Balaban J connectivity index is 1.44. The van der Waals surface area contributed by atoms with Crippen LogP contribution in [0.15, 0.2) is 12.4 Å². The van der Waals surface area contributed by atoms with Gasteiger partial charge in [-0.25, -0.2) is 9.37 Å². The standard InChI is InChI=1S/C28H47FN4O4/c1-17(21-12-23(36-3)14-24(13-21)37-4)31-28(35)27-10-19(15-33-8-7-30-18(33)2)9-26(32-27)20-5-6-25(29)22(11-20)16-34/h7-8,17,19-27,32,34H,5-6,9-16H2,1-4H3,(H,31,35).